The number of imide groups is 1. The Hall–Kier alpha value is -4.13. The van der Waals surface area contributed by atoms with E-state index in [1.807, 2.05) is 32.0 Å². The van der Waals surface area contributed by atoms with Crippen molar-refractivity contribution in [2.24, 2.45) is 0 Å². The summed E-state index contributed by atoms with van der Waals surface area (Å²) in [4.78, 5) is 39.9. The number of hydrogen-bond donors (Lipinski definition) is 1. The largest absolute Gasteiger partial charge is 0.454 e. The third-order valence-corrected chi connectivity index (χ3v) is 5.38. The van der Waals surface area contributed by atoms with Gasteiger partial charge in [-0.15, -0.1) is 0 Å². The van der Waals surface area contributed by atoms with Gasteiger partial charge in [-0.05, 0) is 61.4 Å². The van der Waals surface area contributed by atoms with Gasteiger partial charge in [0.2, 0.25) is 6.79 Å². The number of aryl methyl sites for hydroxylation is 2. The van der Waals surface area contributed by atoms with Crippen LogP contribution in [0.5, 0.6) is 11.5 Å². The second kappa shape index (κ2) is 6.98. The zero-order valence-electron chi connectivity index (χ0n) is 16.9. The molecule has 5 rings (SSSR count). The SMILES string of the molecule is Cc1ccc(C)c(N2C(=O)c3ccc(C(=O)Nc4ccc5c(c4)OCO5)cc3C2=O)c1. The molecule has 0 fully saturated rings. The molecule has 3 aromatic carbocycles. The second-order valence-corrected chi connectivity index (χ2v) is 7.52. The van der Waals surface area contributed by atoms with Crippen LogP contribution in [0.3, 0.4) is 0 Å². The van der Waals surface area contributed by atoms with Crippen LogP contribution in [-0.4, -0.2) is 24.5 Å². The van der Waals surface area contributed by atoms with Gasteiger partial charge in [-0.3, -0.25) is 14.4 Å². The van der Waals surface area contributed by atoms with Crippen LogP contribution < -0.4 is 19.7 Å². The topological polar surface area (TPSA) is 84.9 Å². The Balaban J connectivity index is 1.43. The average molecular weight is 414 g/mol. The zero-order chi connectivity index (χ0) is 21.7. The van der Waals surface area contributed by atoms with E-state index in [0.29, 0.717) is 22.9 Å². The predicted octanol–water partition coefficient (Wildman–Crippen LogP) is 4.09. The molecule has 7 heteroatoms. The number of anilines is 2. The van der Waals surface area contributed by atoms with Crippen LogP contribution in [0.2, 0.25) is 0 Å². The Morgan fingerprint density at radius 2 is 1.65 bits per heavy atom. The fraction of sp³-hybridized carbons (Fsp3) is 0.125. The normalized spacial score (nSPS) is 14.1. The van der Waals surface area contributed by atoms with Gasteiger partial charge in [-0.25, -0.2) is 4.90 Å². The molecule has 2 aliphatic rings. The molecule has 0 radical (unpaired) electrons. The molecule has 154 valence electrons. The molecule has 1 N–H and O–H groups in total. The molecule has 7 nitrogen and oxygen atoms in total. The minimum absolute atomic E-state index is 0.143. The van der Waals surface area contributed by atoms with E-state index in [2.05, 4.69) is 5.32 Å². The van der Waals surface area contributed by atoms with Crippen molar-refractivity contribution in [3.63, 3.8) is 0 Å². The molecular formula is C24H18N2O5. The number of fused-ring (bicyclic) bond motifs is 2. The number of carbonyl (C=O) groups excluding carboxylic acids is 3. The first-order valence-electron chi connectivity index (χ1n) is 9.73. The minimum Gasteiger partial charge on any atom is -0.454 e. The maximum atomic E-state index is 13.1. The van der Waals surface area contributed by atoms with Crippen molar-refractivity contribution >= 4 is 29.1 Å². The quantitative estimate of drug-likeness (QED) is 0.653. The molecule has 0 saturated heterocycles. The van der Waals surface area contributed by atoms with Crippen LogP contribution in [0.4, 0.5) is 11.4 Å². The van der Waals surface area contributed by atoms with E-state index in [4.69, 9.17) is 9.47 Å². The van der Waals surface area contributed by atoms with Crippen molar-refractivity contribution in [3.8, 4) is 11.5 Å². The smallest absolute Gasteiger partial charge is 0.266 e. The van der Waals surface area contributed by atoms with Crippen molar-refractivity contribution in [2.45, 2.75) is 13.8 Å². The minimum atomic E-state index is -0.438. The van der Waals surface area contributed by atoms with Gasteiger partial charge in [0.25, 0.3) is 17.7 Å². The van der Waals surface area contributed by atoms with Crippen LogP contribution >= 0.6 is 0 Å². The molecule has 3 aromatic rings. The van der Waals surface area contributed by atoms with E-state index in [0.717, 1.165) is 11.1 Å². The molecule has 2 heterocycles. The molecule has 0 unspecified atom stereocenters. The molecule has 0 bridgehead atoms. The summed E-state index contributed by atoms with van der Waals surface area (Å²) in [7, 11) is 0. The van der Waals surface area contributed by atoms with Crippen LogP contribution in [0, 0.1) is 13.8 Å². The average Bonchev–Trinajstić information content (AvgIpc) is 3.32. The summed E-state index contributed by atoms with van der Waals surface area (Å²) >= 11 is 0. The van der Waals surface area contributed by atoms with E-state index in [-0.39, 0.29) is 23.5 Å². The highest BCUT2D eigenvalue weighted by atomic mass is 16.7. The Morgan fingerprint density at radius 3 is 2.48 bits per heavy atom. The number of benzene rings is 3. The highest BCUT2D eigenvalue weighted by molar-refractivity contribution is 6.35. The first-order chi connectivity index (χ1) is 14.9. The fourth-order valence-electron chi connectivity index (χ4n) is 3.74. The standard InChI is InChI=1S/C24H18N2O5/c1-13-3-4-14(2)19(9-13)26-23(28)17-7-5-15(10-18(17)24(26)29)22(27)25-16-6-8-20-21(11-16)31-12-30-20/h3-11H,12H2,1-2H3,(H,25,27). The summed E-state index contributed by atoms with van der Waals surface area (Å²) in [6.07, 6.45) is 0. The molecule has 2 aliphatic heterocycles. The lowest BCUT2D eigenvalue weighted by Crippen LogP contribution is -2.30. The molecule has 0 aromatic heterocycles. The van der Waals surface area contributed by atoms with Gasteiger partial charge in [0.1, 0.15) is 0 Å². The van der Waals surface area contributed by atoms with Gasteiger partial charge >= 0.3 is 0 Å². The number of hydrogen-bond acceptors (Lipinski definition) is 5. The maximum Gasteiger partial charge on any atom is 0.266 e. The Morgan fingerprint density at radius 1 is 0.871 bits per heavy atom. The zero-order valence-corrected chi connectivity index (χ0v) is 16.9. The van der Waals surface area contributed by atoms with Crippen LogP contribution in [0.25, 0.3) is 0 Å². The van der Waals surface area contributed by atoms with E-state index in [1.165, 1.54) is 17.0 Å². The highest BCUT2D eigenvalue weighted by Crippen LogP contribution is 2.35. The Labute approximate surface area is 178 Å². The summed E-state index contributed by atoms with van der Waals surface area (Å²) in [5.41, 5.74) is 3.63. The molecule has 0 saturated carbocycles. The summed E-state index contributed by atoms with van der Waals surface area (Å²) in [6.45, 7) is 3.90. The number of carbonyl (C=O) groups is 3. The van der Waals surface area contributed by atoms with E-state index in [9.17, 15) is 14.4 Å². The Kier molecular flexibility index (Phi) is 4.25. The van der Waals surface area contributed by atoms with Gasteiger partial charge in [0.15, 0.2) is 11.5 Å². The van der Waals surface area contributed by atoms with Crippen LogP contribution in [0.15, 0.2) is 54.6 Å². The summed E-state index contributed by atoms with van der Waals surface area (Å²) < 4.78 is 10.6. The van der Waals surface area contributed by atoms with Crippen molar-refractivity contribution in [1.82, 2.24) is 0 Å². The van der Waals surface area contributed by atoms with Crippen molar-refractivity contribution in [2.75, 3.05) is 17.0 Å². The molecular weight excluding hydrogens is 396 g/mol. The molecule has 3 amide bonds. The van der Waals surface area contributed by atoms with E-state index in [1.54, 1.807) is 24.3 Å². The van der Waals surface area contributed by atoms with Gasteiger partial charge in [-0.1, -0.05) is 12.1 Å². The summed E-state index contributed by atoms with van der Waals surface area (Å²) in [6, 6.07) is 15.2. The van der Waals surface area contributed by atoms with E-state index >= 15 is 0 Å². The van der Waals surface area contributed by atoms with Crippen molar-refractivity contribution in [1.29, 1.82) is 0 Å². The number of rotatable bonds is 3. The Bertz CT molecular complexity index is 1280. The highest BCUT2D eigenvalue weighted by Gasteiger charge is 2.37. The second-order valence-electron chi connectivity index (χ2n) is 7.52. The van der Waals surface area contributed by atoms with Gasteiger partial charge in [0.05, 0.1) is 16.8 Å². The molecule has 31 heavy (non-hydrogen) atoms. The third-order valence-electron chi connectivity index (χ3n) is 5.38. The fourth-order valence-corrected chi connectivity index (χ4v) is 3.74. The van der Waals surface area contributed by atoms with E-state index < -0.39 is 17.7 Å². The van der Waals surface area contributed by atoms with Crippen molar-refractivity contribution in [3.05, 3.63) is 82.4 Å². The van der Waals surface area contributed by atoms with Gasteiger partial charge in [-0.2, -0.15) is 0 Å². The monoisotopic (exact) mass is 414 g/mol. The summed E-state index contributed by atoms with van der Waals surface area (Å²) in [5.74, 6) is -0.0576. The number of nitrogens with zero attached hydrogens (tertiary/aromatic N) is 1. The van der Waals surface area contributed by atoms with Crippen molar-refractivity contribution < 1.29 is 23.9 Å². The predicted molar refractivity (Wildman–Crippen MR) is 114 cm³/mol. The summed E-state index contributed by atoms with van der Waals surface area (Å²) in [5, 5.41) is 2.78. The number of amides is 3. The lowest BCUT2D eigenvalue weighted by atomic mass is 10.1. The first kappa shape index (κ1) is 18.9. The maximum absolute atomic E-state index is 13.1. The van der Waals surface area contributed by atoms with Crippen LogP contribution in [0.1, 0.15) is 42.2 Å². The lowest BCUT2D eigenvalue weighted by Gasteiger charge is -2.17. The van der Waals surface area contributed by atoms with Gasteiger partial charge in [0, 0.05) is 17.3 Å². The molecule has 0 atom stereocenters. The molecule has 0 spiro atoms. The van der Waals surface area contributed by atoms with Gasteiger partial charge < -0.3 is 14.8 Å². The number of nitrogens with one attached hydrogen (secondary N) is 1. The molecule has 0 aliphatic carbocycles. The van der Waals surface area contributed by atoms with Crippen LogP contribution in [-0.2, 0) is 0 Å². The number of ether oxygens (including phenoxy) is 2. The third kappa shape index (κ3) is 3.11. The lowest BCUT2D eigenvalue weighted by molar-refractivity contribution is 0.0925. The first-order valence-corrected chi connectivity index (χ1v) is 9.73.